The molecule has 0 aliphatic carbocycles. The molecule has 1 aromatic heterocycles. The molecule has 96 valence electrons. The van der Waals surface area contributed by atoms with Gasteiger partial charge in [-0.1, -0.05) is 0 Å². The third kappa shape index (κ3) is 2.32. The van der Waals surface area contributed by atoms with E-state index in [4.69, 9.17) is 10.2 Å². The first-order valence-electron chi connectivity index (χ1n) is 6.26. The number of hydrogen-bond acceptors (Lipinski definition) is 5. The zero-order valence-corrected chi connectivity index (χ0v) is 10.2. The van der Waals surface area contributed by atoms with E-state index in [1.807, 2.05) is 12.1 Å². The zero-order chi connectivity index (χ0) is 12.5. The summed E-state index contributed by atoms with van der Waals surface area (Å²) in [6.07, 6.45) is 1.50. The van der Waals surface area contributed by atoms with Gasteiger partial charge in [-0.05, 0) is 25.0 Å². The summed E-state index contributed by atoms with van der Waals surface area (Å²) in [5, 5.41) is 9.46. The zero-order valence-electron chi connectivity index (χ0n) is 10.2. The molecule has 0 spiro atoms. The van der Waals surface area contributed by atoms with Crippen LogP contribution < -0.4 is 5.73 Å². The summed E-state index contributed by atoms with van der Waals surface area (Å²) in [5.74, 6) is 0.715. The van der Waals surface area contributed by atoms with Gasteiger partial charge in [0, 0.05) is 24.8 Å². The minimum atomic E-state index is -0.148. The van der Waals surface area contributed by atoms with Crippen molar-refractivity contribution in [1.29, 1.82) is 0 Å². The number of nitrogens with two attached hydrogens (primary N) is 1. The summed E-state index contributed by atoms with van der Waals surface area (Å²) in [4.78, 5) is 6.69. The maximum absolute atomic E-state index is 9.46. The third-order valence-electron chi connectivity index (χ3n) is 3.37. The summed E-state index contributed by atoms with van der Waals surface area (Å²) in [7, 11) is 0. The number of fused-ring (bicyclic) bond motifs is 1. The Morgan fingerprint density at radius 1 is 1.39 bits per heavy atom. The van der Waals surface area contributed by atoms with E-state index in [9.17, 15) is 5.11 Å². The molecule has 2 heterocycles. The van der Waals surface area contributed by atoms with Gasteiger partial charge in [0.1, 0.15) is 5.52 Å². The monoisotopic (exact) mass is 247 g/mol. The van der Waals surface area contributed by atoms with Crippen LogP contribution in [0.3, 0.4) is 0 Å². The lowest BCUT2D eigenvalue weighted by atomic mass is 10.1. The second-order valence-electron chi connectivity index (χ2n) is 4.84. The maximum atomic E-state index is 9.46. The second-order valence-corrected chi connectivity index (χ2v) is 4.84. The molecule has 0 amide bonds. The fourth-order valence-corrected chi connectivity index (χ4v) is 2.33. The highest BCUT2D eigenvalue weighted by Crippen LogP contribution is 2.20. The Morgan fingerprint density at radius 3 is 2.94 bits per heavy atom. The van der Waals surface area contributed by atoms with Crippen LogP contribution in [0.25, 0.3) is 11.1 Å². The van der Waals surface area contributed by atoms with Crippen LogP contribution >= 0.6 is 0 Å². The predicted octanol–water partition coefficient (Wildman–Crippen LogP) is 1.37. The summed E-state index contributed by atoms with van der Waals surface area (Å²) in [6.45, 7) is 2.48. The highest BCUT2D eigenvalue weighted by molar-refractivity contribution is 5.76. The molecule has 0 saturated carbocycles. The molecule has 0 unspecified atom stereocenters. The van der Waals surface area contributed by atoms with Gasteiger partial charge >= 0.3 is 0 Å². The van der Waals surface area contributed by atoms with Crippen molar-refractivity contribution in [3.05, 3.63) is 24.1 Å². The number of nitrogen functional groups attached to an aromatic ring is 1. The van der Waals surface area contributed by atoms with Gasteiger partial charge in [-0.15, -0.1) is 0 Å². The minimum absolute atomic E-state index is 0.148. The molecule has 3 rings (SSSR count). The number of nitrogens with zero attached hydrogens (tertiary/aromatic N) is 2. The summed E-state index contributed by atoms with van der Waals surface area (Å²) < 4.78 is 5.68. The van der Waals surface area contributed by atoms with Gasteiger partial charge in [0.2, 0.25) is 5.89 Å². The molecule has 1 aliphatic rings. The lowest BCUT2D eigenvalue weighted by Gasteiger charge is -2.28. The highest BCUT2D eigenvalue weighted by Gasteiger charge is 2.18. The number of piperidine rings is 1. The van der Waals surface area contributed by atoms with E-state index in [1.54, 1.807) is 6.07 Å². The number of aliphatic hydroxyl groups is 1. The third-order valence-corrected chi connectivity index (χ3v) is 3.37. The van der Waals surface area contributed by atoms with Crippen LogP contribution in [0.2, 0.25) is 0 Å². The van der Waals surface area contributed by atoms with Crippen molar-refractivity contribution in [3.63, 3.8) is 0 Å². The number of anilines is 1. The maximum Gasteiger partial charge on any atom is 0.209 e. The Kier molecular flexibility index (Phi) is 2.93. The predicted molar refractivity (Wildman–Crippen MR) is 68.9 cm³/mol. The van der Waals surface area contributed by atoms with E-state index in [0.717, 1.165) is 37.0 Å². The number of rotatable bonds is 2. The van der Waals surface area contributed by atoms with Crippen LogP contribution in [-0.2, 0) is 6.54 Å². The molecular weight excluding hydrogens is 230 g/mol. The van der Waals surface area contributed by atoms with Gasteiger partial charge in [-0.25, -0.2) is 4.98 Å². The van der Waals surface area contributed by atoms with E-state index in [0.29, 0.717) is 18.1 Å². The molecule has 0 atom stereocenters. The van der Waals surface area contributed by atoms with Gasteiger partial charge in [0.25, 0.3) is 0 Å². The van der Waals surface area contributed by atoms with E-state index >= 15 is 0 Å². The van der Waals surface area contributed by atoms with Crippen molar-refractivity contribution in [3.8, 4) is 0 Å². The normalized spacial score (nSPS) is 18.5. The molecule has 18 heavy (non-hydrogen) atoms. The number of aliphatic hydroxyl groups excluding tert-OH is 1. The van der Waals surface area contributed by atoms with Gasteiger partial charge in [0.05, 0.1) is 12.6 Å². The van der Waals surface area contributed by atoms with E-state index in [1.165, 1.54) is 0 Å². The van der Waals surface area contributed by atoms with E-state index in [-0.39, 0.29) is 6.10 Å². The molecule has 5 nitrogen and oxygen atoms in total. The average Bonchev–Trinajstić information content (AvgIpc) is 2.73. The first-order valence-corrected chi connectivity index (χ1v) is 6.26. The first kappa shape index (κ1) is 11.5. The van der Waals surface area contributed by atoms with Crippen molar-refractivity contribution < 1.29 is 9.52 Å². The molecule has 0 radical (unpaired) electrons. The molecule has 1 saturated heterocycles. The number of hydrogen-bond donors (Lipinski definition) is 2. The van der Waals surface area contributed by atoms with Crippen molar-refractivity contribution >= 4 is 16.8 Å². The summed E-state index contributed by atoms with van der Waals surface area (Å²) >= 11 is 0. The average molecular weight is 247 g/mol. The van der Waals surface area contributed by atoms with Crippen molar-refractivity contribution in [2.24, 2.45) is 0 Å². The molecule has 1 aliphatic heterocycles. The molecule has 1 aromatic carbocycles. The smallest absolute Gasteiger partial charge is 0.209 e. The van der Waals surface area contributed by atoms with Gasteiger partial charge in [-0.3, -0.25) is 4.90 Å². The molecule has 0 bridgehead atoms. The molecular formula is C13H17N3O2. The highest BCUT2D eigenvalue weighted by atomic mass is 16.3. The largest absolute Gasteiger partial charge is 0.439 e. The van der Waals surface area contributed by atoms with Crippen LogP contribution in [0.5, 0.6) is 0 Å². The number of oxazole rings is 1. The van der Waals surface area contributed by atoms with Gasteiger partial charge < -0.3 is 15.3 Å². The van der Waals surface area contributed by atoms with E-state index in [2.05, 4.69) is 9.88 Å². The number of benzene rings is 1. The quantitative estimate of drug-likeness (QED) is 0.784. The van der Waals surface area contributed by atoms with Crippen LogP contribution in [-0.4, -0.2) is 34.2 Å². The van der Waals surface area contributed by atoms with Crippen molar-refractivity contribution in [2.75, 3.05) is 18.8 Å². The lowest BCUT2D eigenvalue weighted by Crippen LogP contribution is -2.35. The fraction of sp³-hybridized carbons (Fsp3) is 0.462. The minimum Gasteiger partial charge on any atom is -0.439 e. The Labute approximate surface area is 105 Å². The summed E-state index contributed by atoms with van der Waals surface area (Å²) in [6, 6.07) is 5.50. The van der Waals surface area contributed by atoms with Crippen LogP contribution in [0.4, 0.5) is 5.69 Å². The first-order chi connectivity index (χ1) is 8.70. The molecule has 5 heteroatoms. The Morgan fingerprint density at radius 2 is 2.17 bits per heavy atom. The topological polar surface area (TPSA) is 75.5 Å². The standard InChI is InChI=1S/C13H17N3O2/c14-9-1-2-11-12(7-9)18-13(15-11)8-16-5-3-10(17)4-6-16/h1-2,7,10,17H,3-6,8,14H2. The Bertz CT molecular complexity index is 544. The van der Waals surface area contributed by atoms with Crippen LogP contribution in [0, 0.1) is 0 Å². The van der Waals surface area contributed by atoms with E-state index < -0.39 is 0 Å². The van der Waals surface area contributed by atoms with Crippen LogP contribution in [0.1, 0.15) is 18.7 Å². The van der Waals surface area contributed by atoms with Crippen LogP contribution in [0.15, 0.2) is 22.6 Å². The molecule has 2 aromatic rings. The lowest BCUT2D eigenvalue weighted by molar-refractivity contribution is 0.0754. The molecule has 3 N–H and O–H groups in total. The van der Waals surface area contributed by atoms with Gasteiger partial charge in [0.15, 0.2) is 5.58 Å². The second kappa shape index (κ2) is 4.59. The number of likely N-dealkylation sites (tertiary alicyclic amines) is 1. The van der Waals surface area contributed by atoms with Crippen molar-refractivity contribution in [2.45, 2.75) is 25.5 Å². The number of aromatic nitrogens is 1. The Balaban J connectivity index is 1.74. The van der Waals surface area contributed by atoms with Crippen molar-refractivity contribution in [1.82, 2.24) is 9.88 Å². The molecule has 1 fully saturated rings. The summed E-state index contributed by atoms with van der Waals surface area (Å²) in [5.41, 5.74) is 7.97. The van der Waals surface area contributed by atoms with Gasteiger partial charge in [-0.2, -0.15) is 0 Å². The Hall–Kier alpha value is -1.59. The fourth-order valence-electron chi connectivity index (χ4n) is 2.33. The SMILES string of the molecule is Nc1ccc2nc(CN3CCC(O)CC3)oc2c1.